The van der Waals surface area contributed by atoms with Crippen molar-refractivity contribution in [1.29, 1.82) is 0 Å². The first-order valence-corrected chi connectivity index (χ1v) is 5.73. The van der Waals surface area contributed by atoms with Gasteiger partial charge in [0, 0.05) is 0 Å². The van der Waals surface area contributed by atoms with E-state index >= 15 is 0 Å². The van der Waals surface area contributed by atoms with Gasteiger partial charge in [-0.25, -0.2) is 4.98 Å². The second-order valence-electron chi connectivity index (χ2n) is 4.34. The molecule has 0 radical (unpaired) electrons. The second-order valence-corrected chi connectivity index (χ2v) is 4.34. The van der Waals surface area contributed by atoms with E-state index in [0.29, 0.717) is 18.5 Å². The second kappa shape index (κ2) is 5.12. The summed E-state index contributed by atoms with van der Waals surface area (Å²) in [5.41, 5.74) is 0.373. The van der Waals surface area contributed by atoms with Gasteiger partial charge in [0.25, 0.3) is 0 Å². The zero-order chi connectivity index (χ0) is 13.1. The summed E-state index contributed by atoms with van der Waals surface area (Å²) in [6, 6.07) is 2.53. The van der Waals surface area contributed by atoms with Gasteiger partial charge in [-0.15, -0.1) is 0 Å². The third kappa shape index (κ3) is 2.64. The number of nitrogens with one attached hydrogen (secondary N) is 1. The minimum absolute atomic E-state index is 0.340. The first-order valence-electron chi connectivity index (χ1n) is 5.73. The molecule has 2 rings (SSSR count). The quantitative estimate of drug-likeness (QED) is 0.802. The van der Waals surface area contributed by atoms with Crippen LogP contribution < -0.4 is 5.32 Å². The third-order valence-corrected chi connectivity index (χ3v) is 3.16. The smallest absolute Gasteiger partial charge is 0.307 e. The molecule has 0 bridgehead atoms. The zero-order valence-electron chi connectivity index (χ0n) is 9.60. The van der Waals surface area contributed by atoms with E-state index in [1.165, 1.54) is 12.3 Å². The molecule has 0 saturated heterocycles. The van der Waals surface area contributed by atoms with E-state index in [9.17, 15) is 14.0 Å². The molecule has 1 fully saturated rings. The summed E-state index contributed by atoms with van der Waals surface area (Å²) in [6.07, 6.45) is 3.03. The van der Waals surface area contributed by atoms with Crippen LogP contribution in [0.25, 0.3) is 0 Å². The van der Waals surface area contributed by atoms with Crippen molar-refractivity contribution in [2.24, 2.45) is 11.8 Å². The molecular formula is C12H13FN2O3. The summed E-state index contributed by atoms with van der Waals surface area (Å²) in [4.78, 5) is 26.3. The zero-order valence-corrected chi connectivity index (χ0v) is 9.60. The number of aromatic nitrogens is 1. The molecule has 1 aromatic heterocycles. The number of carboxylic acid groups (broad SMARTS) is 1. The van der Waals surface area contributed by atoms with E-state index in [2.05, 4.69) is 10.3 Å². The van der Waals surface area contributed by atoms with Gasteiger partial charge in [0.15, 0.2) is 0 Å². The van der Waals surface area contributed by atoms with E-state index in [0.717, 1.165) is 12.5 Å². The van der Waals surface area contributed by atoms with Crippen LogP contribution in [0, 0.1) is 17.8 Å². The molecule has 1 aromatic rings. The predicted molar refractivity (Wildman–Crippen MR) is 61.3 cm³/mol. The lowest BCUT2D eigenvalue weighted by Gasteiger charge is -2.15. The number of hydrogen-bond donors (Lipinski definition) is 2. The largest absolute Gasteiger partial charge is 0.481 e. The number of amides is 1. The van der Waals surface area contributed by atoms with E-state index in [1.54, 1.807) is 0 Å². The van der Waals surface area contributed by atoms with Crippen LogP contribution in [0.4, 0.5) is 10.1 Å². The Balaban J connectivity index is 2.03. The fourth-order valence-electron chi connectivity index (χ4n) is 2.25. The van der Waals surface area contributed by atoms with Crippen molar-refractivity contribution < 1.29 is 19.1 Å². The van der Waals surface area contributed by atoms with Crippen LogP contribution >= 0.6 is 0 Å². The van der Waals surface area contributed by atoms with Gasteiger partial charge in [-0.3, -0.25) is 9.59 Å². The highest BCUT2D eigenvalue weighted by atomic mass is 19.1. The van der Waals surface area contributed by atoms with Crippen LogP contribution in [0.3, 0.4) is 0 Å². The first kappa shape index (κ1) is 12.5. The number of carbonyl (C=O) groups is 2. The molecule has 0 aromatic carbocycles. The van der Waals surface area contributed by atoms with Gasteiger partial charge in [-0.05, 0) is 25.0 Å². The molecule has 2 atom stereocenters. The fraction of sp³-hybridized carbons (Fsp3) is 0.417. The summed E-state index contributed by atoms with van der Waals surface area (Å²) < 4.78 is 12.6. The van der Waals surface area contributed by atoms with Gasteiger partial charge in [0.2, 0.25) is 11.9 Å². The summed E-state index contributed by atoms with van der Waals surface area (Å²) in [5, 5.41) is 11.6. The number of carboxylic acids is 1. The van der Waals surface area contributed by atoms with Gasteiger partial charge >= 0.3 is 5.97 Å². The Hall–Kier alpha value is -1.98. The minimum Gasteiger partial charge on any atom is -0.481 e. The molecule has 96 valence electrons. The molecule has 1 amide bonds. The van der Waals surface area contributed by atoms with Gasteiger partial charge in [0.05, 0.1) is 23.7 Å². The van der Waals surface area contributed by atoms with Gasteiger partial charge < -0.3 is 10.4 Å². The van der Waals surface area contributed by atoms with E-state index < -0.39 is 23.8 Å². The molecule has 0 aliphatic heterocycles. The number of halogens is 1. The average Bonchev–Trinajstić information content (AvgIpc) is 2.81. The molecule has 1 heterocycles. The maximum Gasteiger partial charge on any atom is 0.307 e. The molecule has 1 aliphatic carbocycles. The Morgan fingerprint density at radius 2 is 2.06 bits per heavy atom. The number of nitrogens with zero attached hydrogens (tertiary/aromatic N) is 1. The number of rotatable bonds is 3. The van der Waals surface area contributed by atoms with E-state index in [1.807, 2.05) is 0 Å². The summed E-state index contributed by atoms with van der Waals surface area (Å²) in [7, 11) is 0. The predicted octanol–water partition coefficient (Wildman–Crippen LogP) is 1.66. The Labute approximate surface area is 103 Å². The van der Waals surface area contributed by atoms with Gasteiger partial charge in [0.1, 0.15) is 0 Å². The molecular weight excluding hydrogens is 239 g/mol. The normalized spacial score (nSPS) is 22.7. The number of pyridine rings is 1. The van der Waals surface area contributed by atoms with Crippen molar-refractivity contribution in [2.45, 2.75) is 19.3 Å². The lowest BCUT2D eigenvalue weighted by atomic mass is 9.95. The molecule has 1 aliphatic rings. The van der Waals surface area contributed by atoms with Crippen LogP contribution in [-0.4, -0.2) is 22.0 Å². The molecule has 5 nitrogen and oxygen atoms in total. The Morgan fingerprint density at radius 1 is 1.33 bits per heavy atom. The van der Waals surface area contributed by atoms with Crippen molar-refractivity contribution in [3.63, 3.8) is 0 Å². The van der Waals surface area contributed by atoms with Crippen LogP contribution in [0.15, 0.2) is 18.3 Å². The number of anilines is 1. The highest BCUT2D eigenvalue weighted by Crippen LogP contribution is 2.32. The highest BCUT2D eigenvalue weighted by molar-refractivity contribution is 5.95. The van der Waals surface area contributed by atoms with Gasteiger partial charge in [-0.2, -0.15) is 4.39 Å². The lowest BCUT2D eigenvalue weighted by molar-refractivity contribution is -0.145. The van der Waals surface area contributed by atoms with Crippen LogP contribution in [-0.2, 0) is 9.59 Å². The monoisotopic (exact) mass is 252 g/mol. The van der Waals surface area contributed by atoms with Crippen molar-refractivity contribution >= 4 is 17.6 Å². The molecule has 2 N–H and O–H groups in total. The lowest BCUT2D eigenvalue weighted by Crippen LogP contribution is -2.30. The molecule has 0 spiro atoms. The first-order chi connectivity index (χ1) is 8.58. The fourth-order valence-corrected chi connectivity index (χ4v) is 2.25. The maximum absolute atomic E-state index is 12.6. The maximum atomic E-state index is 12.6. The van der Waals surface area contributed by atoms with Crippen molar-refractivity contribution in [2.75, 3.05) is 5.32 Å². The summed E-state index contributed by atoms with van der Waals surface area (Å²) >= 11 is 0. The van der Waals surface area contributed by atoms with Crippen molar-refractivity contribution in [3.05, 3.63) is 24.3 Å². The standard InChI is InChI=1S/C12H13FN2O3/c13-10-5-4-7(6-14-10)15-11(16)8-2-1-3-9(8)12(17)18/h4-6,8-9H,1-3H2,(H,15,16)(H,17,18)/t8-,9+/m1/s1. The van der Waals surface area contributed by atoms with Crippen LogP contribution in [0.5, 0.6) is 0 Å². The Morgan fingerprint density at radius 3 is 2.67 bits per heavy atom. The summed E-state index contributed by atoms with van der Waals surface area (Å²) in [5.74, 6) is -3.05. The molecule has 1 saturated carbocycles. The van der Waals surface area contributed by atoms with Crippen molar-refractivity contribution in [1.82, 2.24) is 4.98 Å². The van der Waals surface area contributed by atoms with E-state index in [4.69, 9.17) is 5.11 Å². The van der Waals surface area contributed by atoms with Crippen LogP contribution in [0.2, 0.25) is 0 Å². The highest BCUT2D eigenvalue weighted by Gasteiger charge is 2.37. The van der Waals surface area contributed by atoms with Crippen molar-refractivity contribution in [3.8, 4) is 0 Å². The number of hydrogen-bond acceptors (Lipinski definition) is 3. The Bertz CT molecular complexity index is 461. The van der Waals surface area contributed by atoms with Gasteiger partial charge in [-0.1, -0.05) is 6.42 Å². The van der Waals surface area contributed by atoms with E-state index in [-0.39, 0.29) is 5.91 Å². The molecule has 18 heavy (non-hydrogen) atoms. The number of aliphatic carboxylic acids is 1. The summed E-state index contributed by atoms with van der Waals surface area (Å²) in [6.45, 7) is 0. The minimum atomic E-state index is -0.940. The third-order valence-electron chi connectivity index (χ3n) is 3.16. The topological polar surface area (TPSA) is 79.3 Å². The van der Waals surface area contributed by atoms with Crippen LogP contribution in [0.1, 0.15) is 19.3 Å². The average molecular weight is 252 g/mol. The Kier molecular flexibility index (Phi) is 3.55. The SMILES string of the molecule is O=C(O)[C@H]1CCC[C@H]1C(=O)Nc1ccc(F)nc1. The molecule has 6 heteroatoms. The number of carbonyl (C=O) groups excluding carboxylic acids is 1. The molecule has 0 unspecified atom stereocenters.